The van der Waals surface area contributed by atoms with Gasteiger partial charge in [-0.15, -0.1) is 11.8 Å². The van der Waals surface area contributed by atoms with Gasteiger partial charge in [-0.1, -0.05) is 23.7 Å². The number of aromatic nitrogens is 2. The largest absolute Gasteiger partial charge is 0.292 e. The second kappa shape index (κ2) is 5.38. The quantitative estimate of drug-likeness (QED) is 0.630. The topological polar surface area (TPSA) is 34.9 Å². The monoisotopic (exact) mass is 266 g/mol. The van der Waals surface area contributed by atoms with Crippen molar-refractivity contribution in [1.82, 2.24) is 9.78 Å². The molecule has 0 N–H and O–H groups in total. The van der Waals surface area contributed by atoms with E-state index in [4.69, 9.17) is 11.6 Å². The molecule has 2 rings (SSSR count). The smallest absolute Gasteiger partial charge is 0.191 e. The molecule has 0 amide bonds. The van der Waals surface area contributed by atoms with Gasteiger partial charge in [0, 0.05) is 18.1 Å². The summed E-state index contributed by atoms with van der Waals surface area (Å²) < 4.78 is 1.58. The van der Waals surface area contributed by atoms with Gasteiger partial charge in [0.25, 0.3) is 0 Å². The SMILES string of the molecule is Cn1nccc1C(=O)CSc1ccccc1Cl. The zero-order chi connectivity index (χ0) is 12.3. The molecular formula is C12H11ClN2OS. The molecule has 0 aliphatic carbocycles. The Morgan fingerprint density at radius 2 is 2.18 bits per heavy atom. The number of carbonyl (C=O) groups excluding carboxylic acids is 1. The van der Waals surface area contributed by atoms with E-state index in [1.165, 1.54) is 11.8 Å². The lowest BCUT2D eigenvalue weighted by molar-refractivity contribution is 0.101. The van der Waals surface area contributed by atoms with Crippen LogP contribution in [0.15, 0.2) is 41.4 Å². The molecule has 0 aliphatic heterocycles. The summed E-state index contributed by atoms with van der Waals surface area (Å²) in [5.41, 5.74) is 0.615. The summed E-state index contributed by atoms with van der Waals surface area (Å²) >= 11 is 7.45. The Kier molecular flexibility index (Phi) is 3.86. The van der Waals surface area contributed by atoms with Crippen LogP contribution in [0.3, 0.4) is 0 Å². The fourth-order valence-electron chi connectivity index (χ4n) is 1.43. The molecule has 17 heavy (non-hydrogen) atoms. The minimum Gasteiger partial charge on any atom is -0.292 e. The van der Waals surface area contributed by atoms with Gasteiger partial charge in [-0.25, -0.2) is 0 Å². The number of benzene rings is 1. The molecule has 2 aromatic rings. The number of hydrogen-bond acceptors (Lipinski definition) is 3. The molecule has 1 heterocycles. The Bertz CT molecular complexity index is 539. The first-order valence-corrected chi connectivity index (χ1v) is 6.43. The van der Waals surface area contributed by atoms with E-state index in [-0.39, 0.29) is 5.78 Å². The average Bonchev–Trinajstić information content (AvgIpc) is 2.74. The molecular weight excluding hydrogens is 256 g/mol. The van der Waals surface area contributed by atoms with Gasteiger partial charge in [0.1, 0.15) is 5.69 Å². The van der Waals surface area contributed by atoms with Crippen LogP contribution in [-0.2, 0) is 7.05 Å². The normalized spacial score (nSPS) is 10.5. The molecule has 1 aromatic heterocycles. The molecule has 3 nitrogen and oxygen atoms in total. The van der Waals surface area contributed by atoms with Gasteiger partial charge in [-0.05, 0) is 18.2 Å². The van der Waals surface area contributed by atoms with Gasteiger partial charge in [0.15, 0.2) is 5.78 Å². The Hall–Kier alpha value is -1.26. The van der Waals surface area contributed by atoms with Crippen molar-refractivity contribution in [2.75, 3.05) is 5.75 Å². The number of rotatable bonds is 4. The summed E-state index contributed by atoms with van der Waals surface area (Å²) in [5.74, 6) is 0.415. The van der Waals surface area contributed by atoms with Crippen LogP contribution in [0, 0.1) is 0 Å². The van der Waals surface area contributed by atoms with E-state index >= 15 is 0 Å². The molecule has 0 radical (unpaired) electrons. The number of ketones is 1. The van der Waals surface area contributed by atoms with Crippen molar-refractivity contribution in [3.63, 3.8) is 0 Å². The summed E-state index contributed by atoms with van der Waals surface area (Å²) in [6, 6.07) is 9.22. The highest BCUT2D eigenvalue weighted by Gasteiger charge is 2.11. The van der Waals surface area contributed by atoms with E-state index in [0.717, 1.165) is 4.90 Å². The van der Waals surface area contributed by atoms with Crippen LogP contribution in [-0.4, -0.2) is 21.3 Å². The van der Waals surface area contributed by atoms with Gasteiger partial charge in [-0.2, -0.15) is 5.10 Å². The second-order valence-electron chi connectivity index (χ2n) is 3.48. The Labute approximate surface area is 109 Å². The number of hydrogen-bond donors (Lipinski definition) is 0. The maximum absolute atomic E-state index is 11.9. The first kappa shape index (κ1) is 12.2. The zero-order valence-corrected chi connectivity index (χ0v) is 10.8. The molecule has 5 heteroatoms. The maximum Gasteiger partial charge on any atom is 0.191 e. The van der Waals surface area contributed by atoms with Gasteiger partial charge >= 0.3 is 0 Å². The second-order valence-corrected chi connectivity index (χ2v) is 4.91. The van der Waals surface area contributed by atoms with E-state index in [9.17, 15) is 4.79 Å². The van der Waals surface area contributed by atoms with Crippen LogP contribution in [0.2, 0.25) is 5.02 Å². The van der Waals surface area contributed by atoms with E-state index in [2.05, 4.69) is 5.10 Å². The highest BCUT2D eigenvalue weighted by atomic mass is 35.5. The summed E-state index contributed by atoms with van der Waals surface area (Å²) in [6.45, 7) is 0. The number of thioether (sulfide) groups is 1. The van der Waals surface area contributed by atoms with Crippen LogP contribution < -0.4 is 0 Å². The van der Waals surface area contributed by atoms with Crippen LogP contribution in [0.25, 0.3) is 0 Å². The van der Waals surface area contributed by atoms with E-state index < -0.39 is 0 Å². The minimum atomic E-state index is 0.0509. The molecule has 0 fully saturated rings. The van der Waals surface area contributed by atoms with Crippen molar-refractivity contribution in [3.05, 3.63) is 47.2 Å². The van der Waals surface area contributed by atoms with Crippen LogP contribution in [0.4, 0.5) is 0 Å². The Morgan fingerprint density at radius 1 is 1.41 bits per heavy atom. The molecule has 0 unspecified atom stereocenters. The van der Waals surface area contributed by atoms with E-state index in [1.54, 1.807) is 24.0 Å². The molecule has 88 valence electrons. The third-order valence-corrected chi connectivity index (χ3v) is 3.82. The molecule has 0 atom stereocenters. The van der Waals surface area contributed by atoms with Crippen LogP contribution in [0.1, 0.15) is 10.5 Å². The first-order chi connectivity index (χ1) is 8.18. The number of carbonyl (C=O) groups is 1. The lowest BCUT2D eigenvalue weighted by atomic mass is 10.3. The van der Waals surface area contributed by atoms with Crippen molar-refractivity contribution in [2.24, 2.45) is 7.05 Å². The summed E-state index contributed by atoms with van der Waals surface area (Å²) in [7, 11) is 1.76. The molecule has 0 aliphatic rings. The fraction of sp³-hybridized carbons (Fsp3) is 0.167. The van der Waals surface area contributed by atoms with E-state index in [0.29, 0.717) is 16.5 Å². The van der Waals surface area contributed by atoms with Crippen molar-refractivity contribution < 1.29 is 4.79 Å². The molecule has 0 bridgehead atoms. The molecule has 1 aromatic carbocycles. The molecule has 0 saturated carbocycles. The first-order valence-electron chi connectivity index (χ1n) is 5.07. The lowest BCUT2D eigenvalue weighted by Gasteiger charge is -2.03. The third kappa shape index (κ3) is 2.90. The average molecular weight is 267 g/mol. The molecule has 0 spiro atoms. The van der Waals surface area contributed by atoms with Crippen molar-refractivity contribution in [2.45, 2.75) is 4.90 Å². The summed E-state index contributed by atoms with van der Waals surface area (Å²) in [5, 5.41) is 4.65. The highest BCUT2D eigenvalue weighted by molar-refractivity contribution is 8.00. The lowest BCUT2D eigenvalue weighted by Crippen LogP contribution is -2.09. The van der Waals surface area contributed by atoms with Crippen molar-refractivity contribution in [1.29, 1.82) is 0 Å². The number of aryl methyl sites for hydroxylation is 1. The van der Waals surface area contributed by atoms with Gasteiger partial charge in [-0.3, -0.25) is 9.48 Å². The Morgan fingerprint density at radius 3 is 2.82 bits per heavy atom. The minimum absolute atomic E-state index is 0.0509. The standard InChI is InChI=1S/C12H11ClN2OS/c1-15-10(6-7-14-15)11(16)8-17-12-5-3-2-4-9(12)13/h2-7H,8H2,1H3. The maximum atomic E-state index is 11.9. The summed E-state index contributed by atoms with van der Waals surface area (Å²) in [6.07, 6.45) is 1.62. The van der Waals surface area contributed by atoms with Crippen LogP contribution >= 0.6 is 23.4 Å². The fourth-order valence-corrected chi connectivity index (χ4v) is 2.54. The number of nitrogens with zero attached hydrogens (tertiary/aromatic N) is 2. The Balaban J connectivity index is 2.02. The predicted octanol–water partition coefficient (Wildman–Crippen LogP) is 3.05. The van der Waals surface area contributed by atoms with Gasteiger partial charge in [0.2, 0.25) is 0 Å². The summed E-state index contributed by atoms with van der Waals surface area (Å²) in [4.78, 5) is 12.8. The van der Waals surface area contributed by atoms with Gasteiger partial charge in [0.05, 0.1) is 10.8 Å². The van der Waals surface area contributed by atoms with Crippen LogP contribution in [0.5, 0.6) is 0 Å². The predicted molar refractivity (Wildman–Crippen MR) is 69.7 cm³/mol. The highest BCUT2D eigenvalue weighted by Crippen LogP contribution is 2.26. The molecule has 0 saturated heterocycles. The number of halogens is 1. The van der Waals surface area contributed by atoms with Gasteiger partial charge < -0.3 is 0 Å². The van der Waals surface area contributed by atoms with Crippen molar-refractivity contribution in [3.8, 4) is 0 Å². The number of Topliss-reactive ketones (excluding diaryl/α,β-unsaturated/α-hetero) is 1. The zero-order valence-electron chi connectivity index (χ0n) is 9.26. The van der Waals surface area contributed by atoms with E-state index in [1.807, 2.05) is 24.3 Å². The third-order valence-electron chi connectivity index (χ3n) is 2.30. The van der Waals surface area contributed by atoms with Crippen molar-refractivity contribution >= 4 is 29.1 Å².